The molecule has 2 rings (SSSR count). The van der Waals surface area contributed by atoms with Crippen molar-refractivity contribution in [3.8, 4) is 0 Å². The van der Waals surface area contributed by atoms with Gasteiger partial charge in [0.2, 0.25) is 0 Å². The molecule has 0 unspecified atom stereocenters. The van der Waals surface area contributed by atoms with Crippen molar-refractivity contribution >= 4 is 35.0 Å². The second-order valence-corrected chi connectivity index (χ2v) is 4.98. The van der Waals surface area contributed by atoms with E-state index in [0.29, 0.717) is 24.5 Å². The third-order valence-electron chi connectivity index (χ3n) is 2.20. The second kappa shape index (κ2) is 5.41. The van der Waals surface area contributed by atoms with Crippen LogP contribution in [0.15, 0.2) is 5.38 Å². The van der Waals surface area contributed by atoms with Gasteiger partial charge >= 0.3 is 0 Å². The Labute approximate surface area is 113 Å². The lowest BCUT2D eigenvalue weighted by Gasteiger charge is -2.07. The van der Waals surface area contributed by atoms with E-state index in [2.05, 4.69) is 20.3 Å². The number of aryl methyl sites for hydroxylation is 2. The topological polar surface area (TPSA) is 67.8 Å². The number of anilines is 1. The molecule has 0 fully saturated rings. The molecule has 2 aromatic rings. The van der Waals surface area contributed by atoms with Crippen LogP contribution in [0.25, 0.3) is 0 Å². The molecule has 1 N–H and O–H groups in total. The molecule has 0 saturated carbocycles. The molecule has 0 spiro atoms. The fourth-order valence-corrected chi connectivity index (χ4v) is 2.40. The molecule has 0 bridgehead atoms. The minimum atomic E-state index is 0.162. The van der Waals surface area contributed by atoms with Gasteiger partial charge in [-0.1, -0.05) is 11.6 Å². The SMILES string of the molecule is Cc1csc(CNc2nc(C)nc(Cl)c2C=O)n1. The molecule has 2 aromatic heterocycles. The average molecular weight is 283 g/mol. The molecule has 0 aliphatic heterocycles. The monoisotopic (exact) mass is 282 g/mol. The first-order chi connectivity index (χ1) is 8.60. The van der Waals surface area contributed by atoms with Crippen molar-refractivity contribution < 1.29 is 4.79 Å². The molecule has 0 saturated heterocycles. The minimum Gasteiger partial charge on any atom is -0.363 e. The van der Waals surface area contributed by atoms with Crippen molar-refractivity contribution in [1.29, 1.82) is 0 Å². The van der Waals surface area contributed by atoms with Crippen LogP contribution in [-0.2, 0) is 6.54 Å². The van der Waals surface area contributed by atoms with Gasteiger partial charge in [-0.15, -0.1) is 11.3 Å². The summed E-state index contributed by atoms with van der Waals surface area (Å²) in [6, 6.07) is 0. The smallest absolute Gasteiger partial charge is 0.156 e. The van der Waals surface area contributed by atoms with E-state index in [9.17, 15) is 4.79 Å². The maximum atomic E-state index is 11.0. The van der Waals surface area contributed by atoms with Crippen molar-refractivity contribution in [1.82, 2.24) is 15.0 Å². The van der Waals surface area contributed by atoms with Crippen molar-refractivity contribution in [3.63, 3.8) is 0 Å². The summed E-state index contributed by atoms with van der Waals surface area (Å²) >= 11 is 7.44. The lowest BCUT2D eigenvalue weighted by Crippen LogP contribution is -2.07. The molecule has 7 heteroatoms. The number of hydrogen-bond donors (Lipinski definition) is 1. The Hall–Kier alpha value is -1.53. The Balaban J connectivity index is 2.20. The van der Waals surface area contributed by atoms with E-state index in [-0.39, 0.29) is 10.7 Å². The molecular formula is C11H11ClN4OS. The number of thiazole rings is 1. The molecule has 0 aliphatic rings. The maximum Gasteiger partial charge on any atom is 0.156 e. The van der Waals surface area contributed by atoms with E-state index >= 15 is 0 Å². The molecule has 0 aromatic carbocycles. The van der Waals surface area contributed by atoms with Crippen LogP contribution in [0.4, 0.5) is 5.82 Å². The Kier molecular flexibility index (Phi) is 3.88. The minimum absolute atomic E-state index is 0.162. The summed E-state index contributed by atoms with van der Waals surface area (Å²) in [6.07, 6.45) is 0.650. The first kappa shape index (κ1) is 12.9. The highest BCUT2D eigenvalue weighted by molar-refractivity contribution is 7.09. The molecule has 2 heterocycles. The van der Waals surface area contributed by atoms with E-state index in [4.69, 9.17) is 11.6 Å². The first-order valence-corrected chi connectivity index (χ1v) is 6.50. The van der Waals surface area contributed by atoms with Crippen LogP contribution in [0.5, 0.6) is 0 Å². The summed E-state index contributed by atoms with van der Waals surface area (Å²) in [7, 11) is 0. The zero-order valence-electron chi connectivity index (χ0n) is 9.90. The van der Waals surface area contributed by atoms with E-state index in [1.54, 1.807) is 18.3 Å². The third kappa shape index (κ3) is 2.83. The molecule has 94 valence electrons. The zero-order valence-corrected chi connectivity index (χ0v) is 11.5. The highest BCUT2D eigenvalue weighted by atomic mass is 35.5. The molecule has 0 aliphatic carbocycles. The normalized spacial score (nSPS) is 10.4. The standard InChI is InChI=1S/C11H11ClN4OS/c1-6-5-18-9(14-6)3-13-11-8(4-17)10(12)15-7(2)16-11/h4-5H,3H2,1-2H3,(H,13,15,16). The number of nitrogens with zero attached hydrogens (tertiary/aromatic N) is 3. The highest BCUT2D eigenvalue weighted by Crippen LogP contribution is 2.20. The van der Waals surface area contributed by atoms with Gasteiger partial charge in [0.05, 0.1) is 12.1 Å². The van der Waals surface area contributed by atoms with E-state index in [1.807, 2.05) is 12.3 Å². The van der Waals surface area contributed by atoms with Gasteiger partial charge in [-0.2, -0.15) is 0 Å². The lowest BCUT2D eigenvalue weighted by atomic mass is 10.3. The summed E-state index contributed by atoms with van der Waals surface area (Å²) < 4.78 is 0. The van der Waals surface area contributed by atoms with E-state index in [1.165, 1.54) is 0 Å². The summed E-state index contributed by atoms with van der Waals surface area (Å²) in [5.74, 6) is 0.957. The average Bonchev–Trinajstić information content (AvgIpc) is 2.72. The molecule has 0 atom stereocenters. The van der Waals surface area contributed by atoms with E-state index in [0.717, 1.165) is 10.7 Å². The van der Waals surface area contributed by atoms with Crippen LogP contribution in [0.2, 0.25) is 5.15 Å². The van der Waals surface area contributed by atoms with Crippen LogP contribution in [0, 0.1) is 13.8 Å². The number of rotatable bonds is 4. The summed E-state index contributed by atoms with van der Waals surface area (Å²) in [5, 5.41) is 6.11. The van der Waals surface area contributed by atoms with Gasteiger partial charge in [0.15, 0.2) is 6.29 Å². The fourth-order valence-electron chi connectivity index (χ4n) is 1.43. The molecule has 5 nitrogen and oxygen atoms in total. The van der Waals surface area contributed by atoms with Crippen molar-refractivity contribution in [2.45, 2.75) is 20.4 Å². The number of aldehydes is 1. The van der Waals surface area contributed by atoms with E-state index < -0.39 is 0 Å². The summed E-state index contributed by atoms with van der Waals surface area (Å²) in [5.41, 5.74) is 1.25. The van der Waals surface area contributed by atoms with Crippen LogP contribution in [0.1, 0.15) is 26.9 Å². The number of aromatic nitrogens is 3. The van der Waals surface area contributed by atoms with Crippen molar-refractivity contribution in [3.05, 3.63) is 32.6 Å². The Morgan fingerprint density at radius 1 is 1.39 bits per heavy atom. The number of carbonyl (C=O) groups is 1. The van der Waals surface area contributed by atoms with Gasteiger partial charge in [0.25, 0.3) is 0 Å². The largest absolute Gasteiger partial charge is 0.363 e. The highest BCUT2D eigenvalue weighted by Gasteiger charge is 2.11. The first-order valence-electron chi connectivity index (χ1n) is 5.24. The number of nitrogens with one attached hydrogen (secondary N) is 1. The lowest BCUT2D eigenvalue weighted by molar-refractivity contribution is 0.112. The molecule has 0 radical (unpaired) electrons. The zero-order chi connectivity index (χ0) is 13.1. The van der Waals surface area contributed by atoms with Gasteiger partial charge in [-0.25, -0.2) is 15.0 Å². The van der Waals surface area contributed by atoms with Crippen molar-refractivity contribution in [2.75, 3.05) is 5.32 Å². The predicted molar refractivity (Wildman–Crippen MR) is 71.3 cm³/mol. The molecule has 18 heavy (non-hydrogen) atoms. The molecule has 0 amide bonds. The van der Waals surface area contributed by atoms with Crippen molar-refractivity contribution in [2.24, 2.45) is 0 Å². The second-order valence-electron chi connectivity index (χ2n) is 3.68. The Morgan fingerprint density at radius 2 is 2.17 bits per heavy atom. The van der Waals surface area contributed by atoms with Gasteiger partial charge in [0, 0.05) is 11.1 Å². The quantitative estimate of drug-likeness (QED) is 0.690. The Bertz CT molecular complexity index is 584. The fraction of sp³-hybridized carbons (Fsp3) is 0.273. The van der Waals surface area contributed by atoms with Crippen LogP contribution < -0.4 is 5.32 Å². The predicted octanol–water partition coefficient (Wildman–Crippen LogP) is 2.63. The Morgan fingerprint density at radius 3 is 2.78 bits per heavy atom. The third-order valence-corrected chi connectivity index (χ3v) is 3.46. The van der Waals surface area contributed by atoms with Gasteiger partial charge < -0.3 is 5.32 Å². The van der Waals surface area contributed by atoms with Gasteiger partial charge in [-0.3, -0.25) is 4.79 Å². The van der Waals surface area contributed by atoms with Gasteiger partial charge in [0.1, 0.15) is 21.8 Å². The molecular weight excluding hydrogens is 272 g/mol. The summed E-state index contributed by atoms with van der Waals surface area (Å²) in [6.45, 7) is 4.16. The maximum absolute atomic E-state index is 11.0. The van der Waals surface area contributed by atoms with Crippen LogP contribution in [0.3, 0.4) is 0 Å². The number of carbonyl (C=O) groups excluding carboxylic acids is 1. The number of hydrogen-bond acceptors (Lipinski definition) is 6. The van der Waals surface area contributed by atoms with Gasteiger partial charge in [-0.05, 0) is 13.8 Å². The van der Waals surface area contributed by atoms with Crippen LogP contribution >= 0.6 is 22.9 Å². The summed E-state index contributed by atoms with van der Waals surface area (Å²) in [4.78, 5) is 23.4. The number of halogens is 1. The van der Waals surface area contributed by atoms with Crippen LogP contribution in [-0.4, -0.2) is 21.2 Å².